The van der Waals surface area contributed by atoms with E-state index in [1.807, 2.05) is 18.9 Å². The van der Waals surface area contributed by atoms with Gasteiger partial charge in [-0.05, 0) is 14.0 Å². The monoisotopic (exact) mass is 249 g/mol. The van der Waals surface area contributed by atoms with Gasteiger partial charge in [0.05, 0.1) is 18.0 Å². The van der Waals surface area contributed by atoms with Crippen molar-refractivity contribution in [1.82, 2.24) is 14.7 Å². The number of likely N-dealkylation sites (N-methyl/N-ethyl adjacent to an activating group) is 1. The number of alkyl halides is 1. The first-order valence-electron chi connectivity index (χ1n) is 5.35. The zero-order valence-corrected chi connectivity index (χ0v) is 11.1. The Labute approximate surface area is 102 Å². The standard InChI is InChI=1S/C10H20FN3OS/c1-7(16)13(4)9-6-14(5-8(9)11)10(15)12(2)3/h7-9,16H,5-6H2,1-4H3/t7-,8?,9?/m1/s1. The predicted octanol–water partition coefficient (Wildman–Crippen LogP) is 0.898. The third kappa shape index (κ3) is 2.79. The predicted molar refractivity (Wildman–Crippen MR) is 65.6 cm³/mol. The molecular formula is C10H20FN3OS. The van der Waals surface area contributed by atoms with Crippen LogP contribution in [-0.4, -0.2) is 72.6 Å². The van der Waals surface area contributed by atoms with Crippen molar-refractivity contribution in [3.63, 3.8) is 0 Å². The summed E-state index contributed by atoms with van der Waals surface area (Å²) >= 11 is 4.28. The van der Waals surface area contributed by atoms with Crippen molar-refractivity contribution in [1.29, 1.82) is 0 Å². The molecule has 1 heterocycles. The fraction of sp³-hybridized carbons (Fsp3) is 0.900. The maximum Gasteiger partial charge on any atom is 0.319 e. The van der Waals surface area contributed by atoms with E-state index in [1.165, 1.54) is 4.90 Å². The molecular weight excluding hydrogens is 229 g/mol. The van der Waals surface area contributed by atoms with Gasteiger partial charge >= 0.3 is 6.03 Å². The summed E-state index contributed by atoms with van der Waals surface area (Å²) in [7, 11) is 5.18. The lowest BCUT2D eigenvalue weighted by molar-refractivity contribution is 0.166. The number of hydrogen-bond acceptors (Lipinski definition) is 3. The van der Waals surface area contributed by atoms with Gasteiger partial charge in [0.1, 0.15) is 6.17 Å². The number of amides is 2. The van der Waals surface area contributed by atoms with Crippen LogP contribution in [0.2, 0.25) is 0 Å². The van der Waals surface area contributed by atoms with Gasteiger partial charge in [-0.2, -0.15) is 12.6 Å². The number of rotatable bonds is 2. The molecule has 1 rings (SSSR count). The highest BCUT2D eigenvalue weighted by Gasteiger charge is 2.38. The van der Waals surface area contributed by atoms with E-state index in [-0.39, 0.29) is 24.0 Å². The number of likely N-dealkylation sites (tertiary alicyclic amines) is 1. The molecule has 1 aliphatic heterocycles. The quantitative estimate of drug-likeness (QED) is 0.581. The second-order valence-corrected chi connectivity index (χ2v) is 5.21. The number of halogens is 1. The zero-order chi connectivity index (χ0) is 12.5. The summed E-state index contributed by atoms with van der Waals surface area (Å²) in [6.45, 7) is 2.50. The molecule has 6 heteroatoms. The van der Waals surface area contributed by atoms with Gasteiger partial charge in [0, 0.05) is 20.6 Å². The maximum absolute atomic E-state index is 13.8. The Morgan fingerprint density at radius 3 is 2.44 bits per heavy atom. The van der Waals surface area contributed by atoms with E-state index in [4.69, 9.17) is 0 Å². The van der Waals surface area contributed by atoms with Gasteiger partial charge < -0.3 is 9.80 Å². The molecule has 0 aliphatic carbocycles. The molecule has 0 spiro atoms. The van der Waals surface area contributed by atoms with Crippen molar-refractivity contribution < 1.29 is 9.18 Å². The number of carbonyl (C=O) groups is 1. The van der Waals surface area contributed by atoms with Crippen LogP contribution in [0.4, 0.5) is 9.18 Å². The first-order valence-corrected chi connectivity index (χ1v) is 5.86. The van der Waals surface area contributed by atoms with Gasteiger partial charge in [-0.15, -0.1) is 0 Å². The molecule has 0 saturated carbocycles. The third-order valence-corrected chi connectivity index (χ3v) is 3.35. The summed E-state index contributed by atoms with van der Waals surface area (Å²) in [6.07, 6.45) is -0.997. The van der Waals surface area contributed by atoms with Crippen LogP contribution >= 0.6 is 12.6 Å². The van der Waals surface area contributed by atoms with Crippen molar-refractivity contribution in [3.8, 4) is 0 Å². The highest BCUT2D eigenvalue weighted by atomic mass is 32.1. The minimum Gasteiger partial charge on any atom is -0.331 e. The normalized spacial score (nSPS) is 27.3. The molecule has 2 unspecified atom stereocenters. The van der Waals surface area contributed by atoms with Crippen molar-refractivity contribution in [3.05, 3.63) is 0 Å². The lowest BCUT2D eigenvalue weighted by Crippen LogP contribution is -2.43. The number of urea groups is 1. The van der Waals surface area contributed by atoms with E-state index < -0.39 is 6.17 Å². The van der Waals surface area contributed by atoms with Crippen LogP contribution in [0.15, 0.2) is 0 Å². The highest BCUT2D eigenvalue weighted by molar-refractivity contribution is 7.80. The Bertz CT molecular complexity index is 262. The number of hydrogen-bond donors (Lipinski definition) is 1. The molecule has 1 fully saturated rings. The van der Waals surface area contributed by atoms with Crippen molar-refractivity contribution in [2.45, 2.75) is 24.5 Å². The zero-order valence-electron chi connectivity index (χ0n) is 10.2. The van der Waals surface area contributed by atoms with E-state index in [0.29, 0.717) is 6.54 Å². The molecule has 0 bridgehead atoms. The van der Waals surface area contributed by atoms with Crippen LogP contribution in [0.5, 0.6) is 0 Å². The van der Waals surface area contributed by atoms with Crippen LogP contribution in [0.3, 0.4) is 0 Å². The minimum atomic E-state index is -0.997. The van der Waals surface area contributed by atoms with Gasteiger partial charge in [0.15, 0.2) is 0 Å². The van der Waals surface area contributed by atoms with Gasteiger partial charge in [0.2, 0.25) is 0 Å². The molecule has 1 aliphatic rings. The van der Waals surface area contributed by atoms with Crippen LogP contribution in [-0.2, 0) is 0 Å². The Kier molecular flexibility index (Phi) is 4.43. The third-order valence-electron chi connectivity index (χ3n) is 2.99. The lowest BCUT2D eigenvalue weighted by Gasteiger charge is -2.28. The molecule has 2 amide bonds. The Morgan fingerprint density at radius 2 is 2.00 bits per heavy atom. The molecule has 1 saturated heterocycles. The van der Waals surface area contributed by atoms with E-state index >= 15 is 0 Å². The summed E-state index contributed by atoms with van der Waals surface area (Å²) in [5.41, 5.74) is 0. The molecule has 4 nitrogen and oxygen atoms in total. The summed E-state index contributed by atoms with van der Waals surface area (Å²) in [5, 5.41) is -0.0161. The fourth-order valence-electron chi connectivity index (χ4n) is 1.85. The van der Waals surface area contributed by atoms with Crippen LogP contribution in [0.25, 0.3) is 0 Å². The molecule has 0 aromatic rings. The molecule has 0 radical (unpaired) electrons. The molecule has 3 atom stereocenters. The molecule has 0 N–H and O–H groups in total. The van der Waals surface area contributed by atoms with Gasteiger partial charge in [0.25, 0.3) is 0 Å². The highest BCUT2D eigenvalue weighted by Crippen LogP contribution is 2.21. The Balaban J connectivity index is 2.63. The summed E-state index contributed by atoms with van der Waals surface area (Å²) < 4.78 is 13.8. The topological polar surface area (TPSA) is 26.8 Å². The largest absolute Gasteiger partial charge is 0.331 e. The first-order chi connectivity index (χ1) is 7.34. The SMILES string of the molecule is C[C@@H](S)N(C)C1CN(C(=O)N(C)C)CC1F. The van der Waals surface area contributed by atoms with E-state index in [2.05, 4.69) is 12.6 Å². The van der Waals surface area contributed by atoms with Gasteiger partial charge in [-0.1, -0.05) is 0 Å². The van der Waals surface area contributed by atoms with Crippen molar-refractivity contribution in [2.24, 2.45) is 0 Å². The van der Waals surface area contributed by atoms with E-state index in [0.717, 1.165) is 0 Å². The molecule has 16 heavy (non-hydrogen) atoms. The number of thiol groups is 1. The van der Waals surface area contributed by atoms with E-state index in [1.54, 1.807) is 19.0 Å². The second kappa shape index (κ2) is 5.23. The average molecular weight is 249 g/mol. The molecule has 94 valence electrons. The van der Waals surface area contributed by atoms with Gasteiger partial charge in [-0.3, -0.25) is 4.90 Å². The Hall–Kier alpha value is -0.490. The first kappa shape index (κ1) is 13.6. The molecule has 0 aromatic heterocycles. The van der Waals surface area contributed by atoms with Gasteiger partial charge in [-0.25, -0.2) is 9.18 Å². The van der Waals surface area contributed by atoms with Crippen LogP contribution in [0.1, 0.15) is 6.92 Å². The summed E-state index contributed by atoms with van der Waals surface area (Å²) in [4.78, 5) is 16.5. The number of carbonyl (C=O) groups excluding carboxylic acids is 1. The van der Waals surface area contributed by atoms with Crippen LogP contribution in [0, 0.1) is 0 Å². The molecule has 0 aromatic carbocycles. The maximum atomic E-state index is 13.8. The van der Waals surface area contributed by atoms with E-state index in [9.17, 15) is 9.18 Å². The van der Waals surface area contributed by atoms with Crippen molar-refractivity contribution >= 4 is 18.7 Å². The smallest absolute Gasteiger partial charge is 0.319 e. The lowest BCUT2D eigenvalue weighted by atomic mass is 10.2. The fourth-order valence-corrected chi connectivity index (χ4v) is 2.02. The van der Waals surface area contributed by atoms with Crippen LogP contribution < -0.4 is 0 Å². The minimum absolute atomic E-state index is 0.0161. The average Bonchev–Trinajstić information content (AvgIpc) is 2.57. The second-order valence-electron chi connectivity index (χ2n) is 4.46. The van der Waals surface area contributed by atoms with Crippen molar-refractivity contribution in [2.75, 3.05) is 34.2 Å². The summed E-state index contributed by atoms with van der Waals surface area (Å²) in [6, 6.07) is -0.387. The summed E-state index contributed by atoms with van der Waals surface area (Å²) in [5.74, 6) is 0. The Morgan fingerprint density at radius 1 is 1.44 bits per heavy atom. The number of nitrogens with zero attached hydrogens (tertiary/aromatic N) is 3.